The van der Waals surface area contributed by atoms with Crippen LogP contribution in [0.25, 0.3) is 0 Å². The highest BCUT2D eigenvalue weighted by Gasteiger charge is 2.27. The van der Waals surface area contributed by atoms with Gasteiger partial charge in [0.15, 0.2) is 0 Å². The number of anilines is 1. The topological polar surface area (TPSA) is 38.8 Å². The zero-order valence-corrected chi connectivity index (χ0v) is 19.3. The lowest BCUT2D eigenvalue weighted by atomic mass is 9.84. The Morgan fingerprint density at radius 2 is 1.90 bits per heavy atom. The number of amides is 2. The molecule has 1 heterocycles. The molecule has 1 aromatic rings. The lowest BCUT2D eigenvalue weighted by molar-refractivity contribution is 0.187. The summed E-state index contributed by atoms with van der Waals surface area (Å²) in [5.41, 5.74) is 1.05. The van der Waals surface area contributed by atoms with Gasteiger partial charge in [-0.25, -0.2) is 4.79 Å². The van der Waals surface area contributed by atoms with Crippen molar-refractivity contribution in [2.75, 3.05) is 45.2 Å². The summed E-state index contributed by atoms with van der Waals surface area (Å²) >= 11 is 12.6. The Morgan fingerprint density at radius 1 is 1.17 bits per heavy atom. The van der Waals surface area contributed by atoms with Crippen molar-refractivity contribution in [3.05, 3.63) is 28.2 Å². The number of urea groups is 1. The molecule has 1 aliphatic carbocycles. The number of hydrogen-bond donors (Lipinski definition) is 1. The summed E-state index contributed by atoms with van der Waals surface area (Å²) in [5, 5.41) is 4.41. The van der Waals surface area contributed by atoms with Crippen LogP contribution in [0.2, 0.25) is 10.0 Å². The third kappa shape index (κ3) is 5.93. The van der Waals surface area contributed by atoms with Crippen molar-refractivity contribution < 1.29 is 4.79 Å². The van der Waals surface area contributed by atoms with Crippen molar-refractivity contribution in [2.24, 2.45) is 5.92 Å². The van der Waals surface area contributed by atoms with Crippen molar-refractivity contribution in [3.63, 3.8) is 0 Å². The molecule has 1 saturated carbocycles. The zero-order chi connectivity index (χ0) is 21.0. The van der Waals surface area contributed by atoms with Gasteiger partial charge in [0.25, 0.3) is 0 Å². The maximum atomic E-state index is 11.8. The van der Waals surface area contributed by atoms with Crippen LogP contribution >= 0.6 is 23.2 Å². The van der Waals surface area contributed by atoms with Crippen LogP contribution in [-0.2, 0) is 0 Å². The SMILES string of the molecule is C[C@@H]1CN(CC[C@H]2CC[C@H](NC(=O)N(C)C)CC2)CCN1c1cccc(Cl)c1Cl. The standard InChI is InChI=1S/C22H34Cl2N4O/c1-16-15-27(13-14-28(16)20-6-4-5-19(23)21(20)24)12-11-17-7-9-18(10-8-17)25-22(29)26(2)3/h4-6,16-18H,7-15H2,1-3H3,(H,25,29)/t16-,17-,18-/m1/s1. The minimum atomic E-state index is 0.0279. The third-order valence-electron chi connectivity index (χ3n) is 6.39. The minimum Gasteiger partial charge on any atom is -0.365 e. The molecule has 2 aliphatic rings. The number of carbonyl (C=O) groups is 1. The van der Waals surface area contributed by atoms with E-state index in [-0.39, 0.29) is 6.03 Å². The molecule has 0 spiro atoms. The van der Waals surface area contributed by atoms with E-state index in [0.29, 0.717) is 22.1 Å². The molecule has 1 N–H and O–H groups in total. The first-order valence-corrected chi connectivity index (χ1v) is 11.5. The van der Waals surface area contributed by atoms with E-state index in [1.807, 2.05) is 12.1 Å². The molecule has 5 nitrogen and oxygen atoms in total. The normalized spacial score (nSPS) is 25.7. The monoisotopic (exact) mass is 440 g/mol. The first-order chi connectivity index (χ1) is 13.8. The highest BCUT2D eigenvalue weighted by atomic mass is 35.5. The number of hydrogen-bond acceptors (Lipinski definition) is 3. The highest BCUT2D eigenvalue weighted by Crippen LogP contribution is 2.34. The molecule has 162 valence electrons. The highest BCUT2D eigenvalue weighted by molar-refractivity contribution is 6.43. The molecule has 2 fully saturated rings. The summed E-state index contributed by atoms with van der Waals surface area (Å²) in [4.78, 5) is 18.4. The van der Waals surface area contributed by atoms with Crippen LogP contribution in [0.4, 0.5) is 10.5 Å². The summed E-state index contributed by atoms with van der Waals surface area (Å²) in [7, 11) is 3.59. The molecular weight excluding hydrogens is 407 g/mol. The van der Waals surface area contributed by atoms with Gasteiger partial charge in [-0.1, -0.05) is 29.3 Å². The summed E-state index contributed by atoms with van der Waals surface area (Å²) in [6, 6.07) is 6.66. The molecule has 1 aliphatic heterocycles. The van der Waals surface area contributed by atoms with Crippen molar-refractivity contribution in [3.8, 4) is 0 Å². The molecule has 1 atom stereocenters. The number of benzene rings is 1. The Morgan fingerprint density at radius 3 is 2.55 bits per heavy atom. The first-order valence-electron chi connectivity index (χ1n) is 10.8. The van der Waals surface area contributed by atoms with E-state index >= 15 is 0 Å². The number of piperazine rings is 1. The molecule has 1 saturated heterocycles. The Hall–Kier alpha value is -1.17. The lowest BCUT2D eigenvalue weighted by Crippen LogP contribution is -2.52. The molecule has 29 heavy (non-hydrogen) atoms. The third-order valence-corrected chi connectivity index (χ3v) is 7.20. The van der Waals surface area contributed by atoms with Crippen LogP contribution in [0.5, 0.6) is 0 Å². The maximum absolute atomic E-state index is 11.8. The number of carbonyl (C=O) groups excluding carboxylic acids is 1. The molecule has 0 bridgehead atoms. The summed E-state index contributed by atoms with van der Waals surface area (Å²) < 4.78 is 0. The number of rotatable bonds is 5. The van der Waals surface area contributed by atoms with Gasteiger partial charge in [-0.15, -0.1) is 0 Å². The summed E-state index contributed by atoms with van der Waals surface area (Å²) in [6.45, 7) is 6.51. The van der Waals surface area contributed by atoms with Crippen LogP contribution in [0, 0.1) is 5.92 Å². The molecule has 1 aromatic carbocycles. The molecule has 2 amide bonds. The molecule has 0 aromatic heterocycles. The summed E-state index contributed by atoms with van der Waals surface area (Å²) in [6.07, 6.45) is 5.88. The smallest absolute Gasteiger partial charge is 0.317 e. The van der Waals surface area contributed by atoms with E-state index in [2.05, 4.69) is 28.1 Å². The number of halogens is 2. The van der Waals surface area contributed by atoms with Crippen molar-refractivity contribution in [1.82, 2.24) is 15.1 Å². The fraction of sp³-hybridized carbons (Fsp3) is 0.682. The van der Waals surface area contributed by atoms with E-state index in [0.717, 1.165) is 50.6 Å². The van der Waals surface area contributed by atoms with Crippen molar-refractivity contribution in [1.29, 1.82) is 0 Å². The Bertz CT molecular complexity index is 691. The maximum Gasteiger partial charge on any atom is 0.317 e. The van der Waals surface area contributed by atoms with E-state index in [1.165, 1.54) is 19.3 Å². The molecule has 7 heteroatoms. The van der Waals surface area contributed by atoms with E-state index < -0.39 is 0 Å². The van der Waals surface area contributed by atoms with Gasteiger partial charge >= 0.3 is 6.03 Å². The second kappa shape index (κ2) is 10.2. The average Bonchev–Trinajstić information content (AvgIpc) is 2.70. The second-order valence-electron chi connectivity index (χ2n) is 8.77. The Labute approximate surface area is 185 Å². The van der Waals surface area contributed by atoms with Gasteiger partial charge in [0.1, 0.15) is 0 Å². The largest absolute Gasteiger partial charge is 0.365 e. The predicted molar refractivity (Wildman–Crippen MR) is 122 cm³/mol. The number of nitrogens with zero attached hydrogens (tertiary/aromatic N) is 3. The summed E-state index contributed by atoms with van der Waals surface area (Å²) in [5.74, 6) is 0.776. The van der Waals surface area contributed by atoms with Crippen LogP contribution in [0.3, 0.4) is 0 Å². The van der Waals surface area contributed by atoms with Crippen LogP contribution in [0.1, 0.15) is 39.0 Å². The minimum absolute atomic E-state index is 0.0279. The molecule has 3 rings (SSSR count). The number of nitrogens with one attached hydrogen (secondary N) is 1. The van der Waals surface area contributed by atoms with E-state index in [1.54, 1.807) is 19.0 Å². The van der Waals surface area contributed by atoms with Gasteiger partial charge in [-0.2, -0.15) is 0 Å². The lowest BCUT2D eigenvalue weighted by Gasteiger charge is -2.42. The first kappa shape index (κ1) is 22.5. The molecule has 0 unspecified atom stereocenters. The van der Waals surface area contributed by atoms with E-state index in [9.17, 15) is 4.79 Å². The Kier molecular flexibility index (Phi) is 7.94. The van der Waals surface area contributed by atoms with Crippen molar-refractivity contribution in [2.45, 2.75) is 51.1 Å². The van der Waals surface area contributed by atoms with Gasteiger partial charge < -0.3 is 15.1 Å². The zero-order valence-electron chi connectivity index (χ0n) is 17.8. The predicted octanol–water partition coefficient (Wildman–Crippen LogP) is 4.72. The average molecular weight is 441 g/mol. The quantitative estimate of drug-likeness (QED) is 0.719. The van der Waals surface area contributed by atoms with Gasteiger partial charge in [0, 0.05) is 45.8 Å². The fourth-order valence-electron chi connectivity index (χ4n) is 4.57. The second-order valence-corrected chi connectivity index (χ2v) is 9.55. The van der Waals surface area contributed by atoms with Crippen LogP contribution in [0.15, 0.2) is 18.2 Å². The Balaban J connectivity index is 1.41. The van der Waals surface area contributed by atoms with Crippen LogP contribution in [-0.4, -0.2) is 68.2 Å². The fourth-order valence-corrected chi connectivity index (χ4v) is 4.98. The van der Waals surface area contributed by atoms with Gasteiger partial charge in [0.05, 0.1) is 15.7 Å². The van der Waals surface area contributed by atoms with Gasteiger partial charge in [-0.05, 0) is 63.6 Å². The van der Waals surface area contributed by atoms with Gasteiger partial charge in [-0.3, -0.25) is 4.90 Å². The van der Waals surface area contributed by atoms with E-state index in [4.69, 9.17) is 23.2 Å². The molecular formula is C22H34Cl2N4O. The van der Waals surface area contributed by atoms with Gasteiger partial charge in [0.2, 0.25) is 0 Å². The van der Waals surface area contributed by atoms with Crippen LogP contribution < -0.4 is 10.2 Å². The molecule has 0 radical (unpaired) electrons. The van der Waals surface area contributed by atoms with Crippen molar-refractivity contribution >= 4 is 34.9 Å².